The Morgan fingerprint density at radius 1 is 0.357 bits per heavy atom. The maximum atomic E-state index is 11.5. The van der Waals surface area contributed by atoms with Crippen molar-refractivity contribution in [3.63, 3.8) is 0 Å². The van der Waals surface area contributed by atoms with E-state index in [2.05, 4.69) is 175 Å². The third-order valence-corrected chi connectivity index (χ3v) is 10.9. The number of hydrogen-bond donors (Lipinski definition) is 0. The van der Waals surface area contributed by atoms with Crippen LogP contribution in [0.25, 0.3) is 76.5 Å². The lowest BCUT2D eigenvalue weighted by Crippen LogP contribution is -2.10. The molecule has 4 heteroatoms. The predicted molar refractivity (Wildman–Crippen MR) is 234 cm³/mol. The van der Waals surface area contributed by atoms with Crippen LogP contribution in [0, 0.1) is 10.1 Å². The van der Waals surface area contributed by atoms with Gasteiger partial charge in [-0.2, -0.15) is 0 Å². The summed E-state index contributed by atoms with van der Waals surface area (Å²) in [6.45, 7) is 0. The van der Waals surface area contributed by atoms with Gasteiger partial charge in [-0.15, -0.1) is 0 Å². The zero-order valence-electron chi connectivity index (χ0n) is 30.3. The number of non-ortho nitro benzene ring substituents is 1. The van der Waals surface area contributed by atoms with E-state index in [1.54, 1.807) is 12.1 Å². The summed E-state index contributed by atoms with van der Waals surface area (Å²) in [6.07, 6.45) is 0. The Kier molecular flexibility index (Phi) is 8.08. The molecule has 0 unspecified atom stereocenters. The second-order valence-corrected chi connectivity index (χ2v) is 14.1. The van der Waals surface area contributed by atoms with Gasteiger partial charge in [0.25, 0.3) is 5.69 Å². The Hall–Kier alpha value is -7.56. The Bertz CT molecular complexity index is 3030. The molecule has 0 fully saturated rings. The number of fused-ring (bicyclic) bond motifs is 4. The number of rotatable bonds is 7. The van der Waals surface area contributed by atoms with Crippen LogP contribution in [0.3, 0.4) is 0 Å². The lowest BCUT2D eigenvalue weighted by molar-refractivity contribution is -0.384. The number of nitro benzene ring substituents is 1. The molecule has 10 aromatic rings. The molecular weight excluding hydrogens is 685 g/mol. The van der Waals surface area contributed by atoms with E-state index in [0.717, 1.165) is 39.0 Å². The lowest BCUT2D eigenvalue weighted by atomic mass is 9.84. The first kappa shape index (κ1) is 33.0. The standard InChI is InChI=1S/C52H34N2O2/c55-54(56)43-32-30-42(31-33-43)53(44-29-26-35-10-1-2-12-40(35)34-44)41-27-24-37(25-28-41)36-20-22-39(23-21-36)51-47-15-5-7-17-49(47)52(50-18-8-6-16-48(50)51)46-19-9-13-38-11-3-4-14-45(38)46/h1-34H. The fourth-order valence-electron chi connectivity index (χ4n) is 8.29. The molecular formula is C52H34N2O2. The van der Waals surface area contributed by atoms with Crippen LogP contribution in [-0.2, 0) is 0 Å². The van der Waals surface area contributed by atoms with Crippen LogP contribution in [-0.4, -0.2) is 4.92 Å². The van der Waals surface area contributed by atoms with Gasteiger partial charge in [0.2, 0.25) is 0 Å². The molecule has 0 aliphatic carbocycles. The first-order valence-corrected chi connectivity index (χ1v) is 18.8. The monoisotopic (exact) mass is 718 g/mol. The second-order valence-electron chi connectivity index (χ2n) is 14.1. The summed E-state index contributed by atoms with van der Waals surface area (Å²) in [5, 5.41) is 21.1. The van der Waals surface area contributed by atoms with E-state index < -0.39 is 0 Å². The van der Waals surface area contributed by atoms with Crippen molar-refractivity contribution < 1.29 is 4.92 Å². The maximum Gasteiger partial charge on any atom is 0.269 e. The van der Waals surface area contributed by atoms with Crippen LogP contribution >= 0.6 is 0 Å². The smallest absolute Gasteiger partial charge is 0.269 e. The van der Waals surface area contributed by atoms with E-state index in [1.165, 1.54) is 54.6 Å². The third kappa shape index (κ3) is 5.72. The first-order chi connectivity index (χ1) is 27.6. The molecule has 0 aromatic heterocycles. The average molecular weight is 719 g/mol. The molecule has 0 aliphatic heterocycles. The highest BCUT2D eigenvalue weighted by Crippen LogP contribution is 2.45. The molecule has 0 heterocycles. The van der Waals surface area contributed by atoms with Crippen molar-refractivity contribution in [3.05, 3.63) is 216 Å². The van der Waals surface area contributed by atoms with Crippen LogP contribution in [0.1, 0.15) is 0 Å². The zero-order valence-corrected chi connectivity index (χ0v) is 30.3. The average Bonchev–Trinajstić information content (AvgIpc) is 3.26. The normalized spacial score (nSPS) is 11.4. The Morgan fingerprint density at radius 3 is 1.41 bits per heavy atom. The molecule has 0 bridgehead atoms. The topological polar surface area (TPSA) is 46.4 Å². The predicted octanol–water partition coefficient (Wildman–Crippen LogP) is 14.7. The summed E-state index contributed by atoms with van der Waals surface area (Å²) in [6, 6.07) is 71.7. The van der Waals surface area contributed by atoms with Crippen LogP contribution in [0.5, 0.6) is 0 Å². The fraction of sp³-hybridized carbons (Fsp3) is 0. The molecule has 264 valence electrons. The van der Waals surface area contributed by atoms with Crippen LogP contribution < -0.4 is 4.90 Å². The minimum Gasteiger partial charge on any atom is -0.310 e. The van der Waals surface area contributed by atoms with E-state index >= 15 is 0 Å². The highest BCUT2D eigenvalue weighted by atomic mass is 16.6. The van der Waals surface area contributed by atoms with Crippen molar-refractivity contribution in [3.8, 4) is 33.4 Å². The van der Waals surface area contributed by atoms with Gasteiger partial charge in [-0.3, -0.25) is 10.1 Å². The Labute approximate surface area is 324 Å². The molecule has 0 amide bonds. The lowest BCUT2D eigenvalue weighted by Gasteiger charge is -2.26. The summed E-state index contributed by atoms with van der Waals surface area (Å²) >= 11 is 0. The number of nitro groups is 1. The zero-order chi connectivity index (χ0) is 37.6. The minimum atomic E-state index is -0.365. The van der Waals surface area contributed by atoms with Crippen molar-refractivity contribution in [2.45, 2.75) is 0 Å². The van der Waals surface area contributed by atoms with Gasteiger partial charge < -0.3 is 4.90 Å². The number of anilines is 3. The summed E-state index contributed by atoms with van der Waals surface area (Å²) < 4.78 is 0. The van der Waals surface area contributed by atoms with Gasteiger partial charge in [-0.05, 0) is 113 Å². The number of benzene rings is 10. The van der Waals surface area contributed by atoms with Gasteiger partial charge in [0.15, 0.2) is 0 Å². The van der Waals surface area contributed by atoms with E-state index in [9.17, 15) is 10.1 Å². The van der Waals surface area contributed by atoms with Crippen molar-refractivity contribution in [2.75, 3.05) is 4.90 Å². The molecule has 10 rings (SSSR count). The number of hydrogen-bond acceptors (Lipinski definition) is 3. The van der Waals surface area contributed by atoms with E-state index in [1.807, 2.05) is 24.3 Å². The van der Waals surface area contributed by atoms with Crippen LogP contribution in [0.2, 0.25) is 0 Å². The van der Waals surface area contributed by atoms with Crippen LogP contribution in [0.4, 0.5) is 22.7 Å². The van der Waals surface area contributed by atoms with Gasteiger partial charge in [0, 0.05) is 29.2 Å². The Balaban J connectivity index is 1.04. The van der Waals surface area contributed by atoms with E-state index in [-0.39, 0.29) is 10.6 Å². The minimum absolute atomic E-state index is 0.0627. The summed E-state index contributed by atoms with van der Waals surface area (Å²) in [5.41, 5.74) is 9.96. The summed E-state index contributed by atoms with van der Waals surface area (Å²) in [5.74, 6) is 0. The molecule has 4 nitrogen and oxygen atoms in total. The van der Waals surface area contributed by atoms with Gasteiger partial charge in [-0.1, -0.05) is 158 Å². The summed E-state index contributed by atoms with van der Waals surface area (Å²) in [7, 11) is 0. The van der Waals surface area contributed by atoms with Gasteiger partial charge >= 0.3 is 0 Å². The second kappa shape index (κ2) is 13.7. The molecule has 0 saturated carbocycles. The summed E-state index contributed by atoms with van der Waals surface area (Å²) in [4.78, 5) is 13.2. The molecule has 0 spiro atoms. The van der Waals surface area contributed by atoms with Gasteiger partial charge in [-0.25, -0.2) is 0 Å². The van der Waals surface area contributed by atoms with E-state index in [0.29, 0.717) is 0 Å². The van der Waals surface area contributed by atoms with Gasteiger partial charge in [0.05, 0.1) is 4.92 Å². The highest BCUT2D eigenvalue weighted by Gasteiger charge is 2.19. The molecule has 0 atom stereocenters. The van der Waals surface area contributed by atoms with Crippen molar-refractivity contribution >= 4 is 65.8 Å². The fourth-order valence-corrected chi connectivity index (χ4v) is 8.29. The van der Waals surface area contributed by atoms with Crippen LogP contribution in [0.15, 0.2) is 206 Å². The number of nitrogens with zero attached hydrogens (tertiary/aromatic N) is 2. The molecule has 0 aliphatic rings. The molecule has 0 saturated heterocycles. The van der Waals surface area contributed by atoms with Crippen molar-refractivity contribution in [1.29, 1.82) is 0 Å². The highest BCUT2D eigenvalue weighted by molar-refractivity contribution is 6.23. The molecule has 0 radical (unpaired) electrons. The molecule has 0 N–H and O–H groups in total. The van der Waals surface area contributed by atoms with Gasteiger partial charge in [0.1, 0.15) is 0 Å². The quantitative estimate of drug-likeness (QED) is 0.0936. The molecule has 10 aromatic carbocycles. The molecule has 56 heavy (non-hydrogen) atoms. The van der Waals surface area contributed by atoms with E-state index in [4.69, 9.17) is 0 Å². The Morgan fingerprint density at radius 2 is 0.804 bits per heavy atom. The SMILES string of the molecule is O=[N+]([O-])c1ccc(N(c2ccc(-c3ccc(-c4c5ccccc5c(-c5cccc6ccccc56)c5ccccc45)cc3)cc2)c2ccc3ccccc3c2)cc1. The largest absolute Gasteiger partial charge is 0.310 e. The van der Waals surface area contributed by atoms with Crippen molar-refractivity contribution in [2.24, 2.45) is 0 Å². The first-order valence-electron chi connectivity index (χ1n) is 18.8. The van der Waals surface area contributed by atoms with Crippen molar-refractivity contribution in [1.82, 2.24) is 0 Å². The third-order valence-electron chi connectivity index (χ3n) is 10.9. The maximum absolute atomic E-state index is 11.5.